The smallest absolute Gasteiger partial charge is 0.240 e. The largest absolute Gasteiger partial charge is 0.453 e. The molecule has 8 heteroatoms. The minimum absolute atomic E-state index is 0.0185. The fraction of sp³-hybridized carbons (Fsp3) is 0.450. The molecule has 1 unspecified atom stereocenters. The third kappa shape index (κ3) is 3.59. The maximum absolute atomic E-state index is 12.8. The second-order valence-electron chi connectivity index (χ2n) is 7.30. The lowest BCUT2D eigenvalue weighted by molar-refractivity contribution is 0.170. The number of aliphatic hydroxyl groups excluding tert-OH is 1. The van der Waals surface area contributed by atoms with E-state index in [2.05, 4.69) is 9.71 Å². The van der Waals surface area contributed by atoms with Crippen molar-refractivity contribution in [2.24, 2.45) is 0 Å². The van der Waals surface area contributed by atoms with Crippen LogP contribution in [0.15, 0.2) is 41.4 Å². The molecule has 0 amide bonds. The van der Waals surface area contributed by atoms with Crippen LogP contribution in [0.1, 0.15) is 50.8 Å². The summed E-state index contributed by atoms with van der Waals surface area (Å²) < 4.78 is 34.4. The van der Waals surface area contributed by atoms with Crippen molar-refractivity contribution in [3.05, 3.63) is 42.1 Å². The Morgan fingerprint density at radius 1 is 1.25 bits per heavy atom. The van der Waals surface area contributed by atoms with Crippen molar-refractivity contribution in [1.82, 2.24) is 9.71 Å². The summed E-state index contributed by atoms with van der Waals surface area (Å²) in [6.45, 7) is 2.57. The van der Waals surface area contributed by atoms with E-state index < -0.39 is 16.3 Å². The van der Waals surface area contributed by atoms with Crippen molar-refractivity contribution < 1.29 is 18.3 Å². The molecule has 150 valence electrons. The number of pyridine rings is 1. The quantitative estimate of drug-likeness (QED) is 0.796. The molecule has 0 bridgehead atoms. The Balaban J connectivity index is 1.72. The normalized spacial score (nSPS) is 19.6. The highest BCUT2D eigenvalue weighted by Gasteiger charge is 2.31. The van der Waals surface area contributed by atoms with Gasteiger partial charge in [0.15, 0.2) is 17.8 Å². The Morgan fingerprint density at radius 3 is 2.79 bits per heavy atom. The van der Waals surface area contributed by atoms with Crippen LogP contribution in [0.25, 0.3) is 0 Å². The first-order valence-corrected chi connectivity index (χ1v) is 11.2. The number of fused-ring (bicyclic) bond motifs is 2. The lowest BCUT2D eigenvalue weighted by atomic mass is 10.1. The summed E-state index contributed by atoms with van der Waals surface area (Å²) in [5, 5.41) is 11.0. The van der Waals surface area contributed by atoms with E-state index in [9.17, 15) is 13.5 Å². The summed E-state index contributed by atoms with van der Waals surface area (Å²) in [4.78, 5) is 6.24. The van der Waals surface area contributed by atoms with Gasteiger partial charge in [-0.25, -0.2) is 18.1 Å². The highest BCUT2D eigenvalue weighted by molar-refractivity contribution is 7.89. The van der Waals surface area contributed by atoms with Crippen molar-refractivity contribution in [3.8, 4) is 11.5 Å². The van der Waals surface area contributed by atoms with Crippen LogP contribution in [0.4, 0.5) is 5.82 Å². The van der Waals surface area contributed by atoms with E-state index in [1.165, 1.54) is 12.1 Å². The molecule has 1 fully saturated rings. The van der Waals surface area contributed by atoms with Gasteiger partial charge in [0.2, 0.25) is 10.0 Å². The molecule has 1 aromatic carbocycles. The van der Waals surface area contributed by atoms with Gasteiger partial charge in [-0.05, 0) is 49.6 Å². The summed E-state index contributed by atoms with van der Waals surface area (Å²) in [6.07, 6.45) is 5.20. The van der Waals surface area contributed by atoms with Gasteiger partial charge in [0.1, 0.15) is 5.75 Å². The maximum Gasteiger partial charge on any atom is 0.240 e. The van der Waals surface area contributed by atoms with Gasteiger partial charge >= 0.3 is 0 Å². The second kappa shape index (κ2) is 7.69. The number of aliphatic hydroxyl groups is 1. The average molecular weight is 404 g/mol. The predicted molar refractivity (Wildman–Crippen MR) is 106 cm³/mol. The standard InChI is InChI=1S/C20H25N3O4S/c1-2-12-23-19-18(8-5-11-21-19)27-17-10-9-15(13-16(17)20(23)24)28(25,26)22-14-6-3-4-7-14/h5,8-11,13-14,20,22,24H,2-4,6-7,12H2,1H3. The third-order valence-electron chi connectivity index (χ3n) is 5.25. The Kier molecular flexibility index (Phi) is 5.27. The van der Waals surface area contributed by atoms with Gasteiger partial charge in [-0.2, -0.15) is 0 Å². The van der Waals surface area contributed by atoms with Gasteiger partial charge in [-0.3, -0.25) is 0 Å². The number of rotatable bonds is 5. The number of sulfonamides is 1. The number of anilines is 1. The van der Waals surface area contributed by atoms with Crippen LogP contribution in [0.3, 0.4) is 0 Å². The van der Waals surface area contributed by atoms with Crippen LogP contribution in [0.2, 0.25) is 0 Å². The van der Waals surface area contributed by atoms with Gasteiger partial charge in [0, 0.05) is 24.3 Å². The minimum Gasteiger partial charge on any atom is -0.453 e. The van der Waals surface area contributed by atoms with Gasteiger partial charge in [-0.1, -0.05) is 19.8 Å². The SMILES string of the molecule is CCCN1c2ncccc2Oc2ccc(S(=O)(=O)NC3CCCC3)cc2C1O. The zero-order chi connectivity index (χ0) is 19.7. The van der Waals surface area contributed by atoms with Crippen LogP contribution < -0.4 is 14.4 Å². The van der Waals surface area contributed by atoms with Crippen molar-refractivity contribution >= 4 is 15.8 Å². The van der Waals surface area contributed by atoms with E-state index in [-0.39, 0.29) is 10.9 Å². The number of hydrogen-bond acceptors (Lipinski definition) is 6. The van der Waals surface area contributed by atoms with Crippen LogP contribution in [-0.4, -0.2) is 31.1 Å². The molecule has 2 aliphatic rings. The van der Waals surface area contributed by atoms with Gasteiger partial charge in [0.25, 0.3) is 0 Å². The Morgan fingerprint density at radius 2 is 2.04 bits per heavy atom. The molecule has 2 N–H and O–H groups in total. The zero-order valence-electron chi connectivity index (χ0n) is 15.8. The monoisotopic (exact) mass is 403 g/mol. The molecule has 28 heavy (non-hydrogen) atoms. The molecule has 1 saturated carbocycles. The molecule has 1 atom stereocenters. The summed E-state index contributed by atoms with van der Waals surface area (Å²) in [5.41, 5.74) is 0.417. The Bertz CT molecular complexity index is 958. The van der Waals surface area contributed by atoms with Gasteiger partial charge < -0.3 is 14.7 Å². The highest BCUT2D eigenvalue weighted by atomic mass is 32.2. The first-order chi connectivity index (χ1) is 13.5. The predicted octanol–water partition coefficient (Wildman–Crippen LogP) is 3.32. The minimum atomic E-state index is -3.66. The number of nitrogens with one attached hydrogen (secondary N) is 1. The van der Waals surface area contributed by atoms with Crippen molar-refractivity contribution in [1.29, 1.82) is 0 Å². The fourth-order valence-corrected chi connectivity index (χ4v) is 5.21. The van der Waals surface area contributed by atoms with Gasteiger partial charge in [-0.15, -0.1) is 0 Å². The fourth-order valence-electron chi connectivity index (χ4n) is 3.87. The molecule has 7 nitrogen and oxygen atoms in total. The van der Waals surface area contributed by atoms with Crippen LogP contribution in [0, 0.1) is 0 Å². The third-order valence-corrected chi connectivity index (χ3v) is 6.77. The van der Waals surface area contributed by atoms with Gasteiger partial charge in [0.05, 0.1) is 4.90 Å². The maximum atomic E-state index is 12.8. The molecular formula is C20H25N3O4S. The van der Waals surface area contributed by atoms with E-state index in [1.54, 1.807) is 29.3 Å². The number of benzene rings is 1. The summed E-state index contributed by atoms with van der Waals surface area (Å²) in [5.74, 6) is 1.51. The molecular weight excluding hydrogens is 378 g/mol. The van der Waals surface area contributed by atoms with E-state index in [4.69, 9.17) is 4.74 Å². The van der Waals surface area contributed by atoms with Crippen molar-refractivity contribution in [3.63, 3.8) is 0 Å². The van der Waals surface area contributed by atoms with E-state index in [0.717, 1.165) is 32.1 Å². The Labute approximate surface area is 165 Å². The van der Waals surface area contributed by atoms with Crippen molar-refractivity contribution in [2.45, 2.75) is 56.2 Å². The molecule has 1 aromatic heterocycles. The molecule has 0 spiro atoms. The molecule has 0 radical (unpaired) electrons. The number of ether oxygens (including phenoxy) is 1. The lowest BCUT2D eigenvalue weighted by Crippen LogP contribution is -2.33. The molecule has 4 rings (SSSR count). The average Bonchev–Trinajstić information content (AvgIpc) is 3.15. The van der Waals surface area contributed by atoms with E-state index in [1.807, 2.05) is 6.92 Å². The molecule has 1 aliphatic heterocycles. The van der Waals surface area contributed by atoms with E-state index >= 15 is 0 Å². The topological polar surface area (TPSA) is 91.8 Å². The number of aromatic nitrogens is 1. The summed E-state index contributed by atoms with van der Waals surface area (Å²) in [7, 11) is -3.66. The number of nitrogens with zero attached hydrogens (tertiary/aromatic N) is 2. The molecule has 2 heterocycles. The highest BCUT2D eigenvalue weighted by Crippen LogP contribution is 2.42. The molecule has 2 aromatic rings. The second-order valence-corrected chi connectivity index (χ2v) is 9.01. The first-order valence-electron chi connectivity index (χ1n) is 9.73. The Hall–Kier alpha value is -2.16. The van der Waals surface area contributed by atoms with Crippen LogP contribution >= 0.6 is 0 Å². The number of hydrogen-bond donors (Lipinski definition) is 2. The molecule has 0 saturated heterocycles. The summed E-state index contributed by atoms with van der Waals surface area (Å²) >= 11 is 0. The van der Waals surface area contributed by atoms with E-state index in [0.29, 0.717) is 29.4 Å². The lowest BCUT2D eigenvalue weighted by Gasteiger charge is -2.27. The summed E-state index contributed by atoms with van der Waals surface area (Å²) in [6, 6.07) is 8.17. The van der Waals surface area contributed by atoms with Crippen LogP contribution in [-0.2, 0) is 10.0 Å². The molecule has 1 aliphatic carbocycles. The van der Waals surface area contributed by atoms with Crippen molar-refractivity contribution in [2.75, 3.05) is 11.4 Å². The van der Waals surface area contributed by atoms with Crippen LogP contribution in [0.5, 0.6) is 11.5 Å². The first kappa shape index (κ1) is 19.2. The zero-order valence-corrected chi connectivity index (χ0v) is 16.7.